The van der Waals surface area contributed by atoms with E-state index in [4.69, 9.17) is 0 Å². The van der Waals surface area contributed by atoms with Crippen LogP contribution < -0.4 is 5.48 Å². The summed E-state index contributed by atoms with van der Waals surface area (Å²) in [6.07, 6.45) is -0.751. The van der Waals surface area contributed by atoms with Gasteiger partial charge in [-0.05, 0) is 0 Å². The van der Waals surface area contributed by atoms with Crippen molar-refractivity contribution in [2.24, 2.45) is 0 Å². The van der Waals surface area contributed by atoms with Crippen LogP contribution in [0.25, 0.3) is 0 Å². The number of hydrogen-bond donors (Lipinski definition) is 2. The van der Waals surface area contributed by atoms with E-state index in [1.165, 1.54) is 7.11 Å². The normalized spacial score (nSPS) is 8.25. The standard InChI is InChI=1S/C2H5NO4S/c1-5-2(4)3-6-7-8/h8H,1H3,(H,3,4). The van der Waals surface area contributed by atoms with Crippen molar-refractivity contribution in [2.45, 2.75) is 0 Å². The van der Waals surface area contributed by atoms with Gasteiger partial charge in [-0.15, -0.1) is 4.33 Å². The molecule has 0 unspecified atom stereocenters. The maximum atomic E-state index is 10.00. The van der Waals surface area contributed by atoms with E-state index >= 15 is 0 Å². The molecule has 0 heterocycles. The first-order valence-corrected chi connectivity index (χ1v) is 1.99. The van der Waals surface area contributed by atoms with Crippen LogP contribution in [0, 0.1) is 0 Å². The number of carbonyl (C=O) groups is 1. The van der Waals surface area contributed by atoms with E-state index in [1.807, 2.05) is 0 Å². The second-order valence-corrected chi connectivity index (χ2v) is 0.901. The van der Waals surface area contributed by atoms with Gasteiger partial charge in [0.05, 0.1) is 7.11 Å². The molecule has 5 nitrogen and oxygen atoms in total. The van der Waals surface area contributed by atoms with Gasteiger partial charge in [0.2, 0.25) is 0 Å². The first kappa shape index (κ1) is 7.54. The number of nitrogens with one attached hydrogen (secondary N) is 1. The first-order chi connectivity index (χ1) is 3.81. The van der Waals surface area contributed by atoms with Gasteiger partial charge < -0.3 is 4.74 Å². The molecule has 6 heteroatoms. The fourth-order valence-electron chi connectivity index (χ4n) is 0.0943. The third-order valence-corrected chi connectivity index (χ3v) is 0.422. The lowest BCUT2D eigenvalue weighted by molar-refractivity contribution is -0.230. The van der Waals surface area contributed by atoms with E-state index in [1.54, 1.807) is 5.48 Å². The first-order valence-electron chi connectivity index (χ1n) is 1.62. The Morgan fingerprint density at radius 1 is 1.75 bits per heavy atom. The van der Waals surface area contributed by atoms with Crippen LogP contribution in [0.2, 0.25) is 0 Å². The van der Waals surface area contributed by atoms with Crippen molar-refractivity contribution >= 4 is 19.0 Å². The lowest BCUT2D eigenvalue weighted by Crippen LogP contribution is -2.21. The minimum atomic E-state index is -0.751. The summed E-state index contributed by atoms with van der Waals surface area (Å²) in [6.45, 7) is 0. The molecule has 0 aliphatic rings. The summed E-state index contributed by atoms with van der Waals surface area (Å²) in [7, 11) is 1.19. The Morgan fingerprint density at radius 3 is 2.75 bits per heavy atom. The number of methoxy groups -OCH3 is 1. The molecule has 0 atom stereocenters. The van der Waals surface area contributed by atoms with Crippen LogP contribution in [0.1, 0.15) is 0 Å². The van der Waals surface area contributed by atoms with Crippen LogP contribution in [0.5, 0.6) is 0 Å². The summed E-state index contributed by atoms with van der Waals surface area (Å²) in [4.78, 5) is 13.8. The summed E-state index contributed by atoms with van der Waals surface area (Å²) in [5.74, 6) is 0. The zero-order valence-electron chi connectivity index (χ0n) is 4.08. The highest BCUT2D eigenvalue weighted by atomic mass is 32.1. The number of amides is 1. The molecule has 0 fully saturated rings. The summed E-state index contributed by atoms with van der Waals surface area (Å²) in [5, 5.41) is 0. The van der Waals surface area contributed by atoms with Gasteiger partial charge in [0.1, 0.15) is 0 Å². The van der Waals surface area contributed by atoms with E-state index in [-0.39, 0.29) is 0 Å². The quantitative estimate of drug-likeness (QED) is 0.245. The number of carbonyl (C=O) groups excluding carboxylic acids is 1. The molecular weight excluding hydrogens is 134 g/mol. The van der Waals surface area contributed by atoms with E-state index in [9.17, 15) is 4.79 Å². The Kier molecular flexibility index (Phi) is 4.42. The van der Waals surface area contributed by atoms with Crippen molar-refractivity contribution in [3.63, 3.8) is 0 Å². The second kappa shape index (κ2) is 4.69. The van der Waals surface area contributed by atoms with Crippen LogP contribution in [0.15, 0.2) is 0 Å². The van der Waals surface area contributed by atoms with E-state index in [0.717, 1.165) is 0 Å². The minimum absolute atomic E-state index is 0.751. The highest BCUT2D eigenvalue weighted by Gasteiger charge is 1.94. The van der Waals surface area contributed by atoms with Crippen LogP contribution in [0.3, 0.4) is 0 Å². The number of hydrogen-bond acceptors (Lipinski definition) is 5. The Morgan fingerprint density at radius 2 is 2.38 bits per heavy atom. The van der Waals surface area contributed by atoms with Crippen molar-refractivity contribution < 1.29 is 18.9 Å². The van der Waals surface area contributed by atoms with E-state index in [2.05, 4.69) is 27.0 Å². The van der Waals surface area contributed by atoms with Gasteiger partial charge in [-0.3, -0.25) is 0 Å². The molecule has 0 saturated carbocycles. The number of hydroxylamine groups is 1. The zero-order chi connectivity index (χ0) is 6.41. The molecule has 0 rings (SSSR count). The molecule has 0 saturated heterocycles. The van der Waals surface area contributed by atoms with E-state index in [0.29, 0.717) is 0 Å². The Balaban J connectivity index is 2.99. The Hall–Kier alpha value is -0.460. The highest BCUT2D eigenvalue weighted by Crippen LogP contribution is 1.76. The SMILES string of the molecule is COC(=O)NOOS. The molecule has 0 aromatic heterocycles. The molecule has 0 aliphatic heterocycles. The molecular formula is C2H5NO4S. The van der Waals surface area contributed by atoms with Gasteiger partial charge in [-0.2, -0.15) is 5.48 Å². The lowest BCUT2D eigenvalue weighted by atomic mass is 11.2. The molecule has 0 aromatic carbocycles. The van der Waals surface area contributed by atoms with Crippen molar-refractivity contribution in [1.29, 1.82) is 0 Å². The summed E-state index contributed by atoms with van der Waals surface area (Å²) in [5.41, 5.74) is 1.72. The minimum Gasteiger partial charge on any atom is -0.451 e. The van der Waals surface area contributed by atoms with Crippen LogP contribution in [-0.4, -0.2) is 13.2 Å². The van der Waals surface area contributed by atoms with Gasteiger partial charge in [-0.25, -0.2) is 4.79 Å². The largest absolute Gasteiger partial charge is 0.451 e. The summed E-state index contributed by atoms with van der Waals surface area (Å²) < 4.78 is 7.76. The maximum absolute atomic E-state index is 10.00. The molecule has 0 bridgehead atoms. The Bertz CT molecular complexity index is 76.4. The van der Waals surface area contributed by atoms with Crippen LogP contribution in [-0.2, 0) is 14.1 Å². The molecule has 1 N–H and O–H groups in total. The maximum Gasteiger partial charge on any atom is 0.433 e. The molecule has 48 valence electrons. The third-order valence-electron chi connectivity index (χ3n) is 0.348. The summed E-state index contributed by atoms with van der Waals surface area (Å²) in [6, 6.07) is 0. The fraction of sp³-hybridized carbons (Fsp3) is 0.500. The third kappa shape index (κ3) is 3.72. The summed E-state index contributed by atoms with van der Waals surface area (Å²) >= 11 is 3.14. The van der Waals surface area contributed by atoms with Crippen molar-refractivity contribution in [1.82, 2.24) is 5.48 Å². The van der Waals surface area contributed by atoms with Crippen molar-refractivity contribution in [2.75, 3.05) is 7.11 Å². The average Bonchev–Trinajstić information content (AvgIpc) is 1.83. The molecule has 0 aliphatic carbocycles. The predicted molar refractivity (Wildman–Crippen MR) is 26.7 cm³/mol. The lowest BCUT2D eigenvalue weighted by Gasteiger charge is -1.96. The van der Waals surface area contributed by atoms with Gasteiger partial charge >= 0.3 is 6.09 Å². The second-order valence-electron chi connectivity index (χ2n) is 0.752. The predicted octanol–water partition coefficient (Wildman–Crippen LogP) is 0.0504. The molecule has 8 heavy (non-hydrogen) atoms. The number of ether oxygens (including phenoxy) is 1. The highest BCUT2D eigenvalue weighted by molar-refractivity contribution is 7.74. The van der Waals surface area contributed by atoms with Gasteiger partial charge in [-0.1, -0.05) is 4.99 Å². The molecule has 0 radical (unpaired) electrons. The molecule has 0 aromatic rings. The average molecular weight is 139 g/mol. The van der Waals surface area contributed by atoms with Crippen molar-refractivity contribution in [3.05, 3.63) is 0 Å². The monoisotopic (exact) mass is 139 g/mol. The van der Waals surface area contributed by atoms with E-state index < -0.39 is 6.09 Å². The number of rotatable bonds is 2. The van der Waals surface area contributed by atoms with Crippen LogP contribution >= 0.6 is 12.9 Å². The van der Waals surface area contributed by atoms with Crippen LogP contribution in [0.4, 0.5) is 4.79 Å². The van der Waals surface area contributed by atoms with Crippen molar-refractivity contribution in [3.8, 4) is 0 Å². The zero-order valence-corrected chi connectivity index (χ0v) is 4.97. The smallest absolute Gasteiger partial charge is 0.433 e. The van der Waals surface area contributed by atoms with Gasteiger partial charge in [0.15, 0.2) is 0 Å². The topological polar surface area (TPSA) is 56.8 Å². The number of thiol groups is 1. The molecule has 0 spiro atoms. The van der Waals surface area contributed by atoms with Gasteiger partial charge in [0.25, 0.3) is 0 Å². The molecule has 1 amide bonds. The Labute approximate surface area is 51.4 Å². The fourth-order valence-corrected chi connectivity index (χ4v) is 0.132. The van der Waals surface area contributed by atoms with Gasteiger partial charge in [0, 0.05) is 12.9 Å².